The lowest BCUT2D eigenvalue weighted by Crippen LogP contribution is -2.36. The van der Waals surface area contributed by atoms with Crippen LogP contribution in [0.2, 0.25) is 0 Å². The number of hydrogen-bond acceptors (Lipinski definition) is 2. The van der Waals surface area contributed by atoms with Crippen LogP contribution < -0.4 is 5.32 Å². The maximum Gasteiger partial charge on any atom is 0.0640 e. The van der Waals surface area contributed by atoms with Crippen LogP contribution >= 0.6 is 0 Å². The summed E-state index contributed by atoms with van der Waals surface area (Å²) in [5.41, 5.74) is 4.22. The van der Waals surface area contributed by atoms with E-state index < -0.39 is 0 Å². The molecular weight excluding hydrogens is 234 g/mol. The summed E-state index contributed by atoms with van der Waals surface area (Å²) >= 11 is 0. The van der Waals surface area contributed by atoms with Gasteiger partial charge in [-0.15, -0.1) is 0 Å². The minimum absolute atomic E-state index is 0.502. The van der Waals surface area contributed by atoms with Gasteiger partial charge in [0.1, 0.15) is 0 Å². The molecular formula is C16H21N3. The highest BCUT2D eigenvalue weighted by Gasteiger charge is 2.28. The van der Waals surface area contributed by atoms with Gasteiger partial charge in [0.05, 0.1) is 5.69 Å². The highest BCUT2D eigenvalue weighted by atomic mass is 15.2. The van der Waals surface area contributed by atoms with Crippen LogP contribution in [0.3, 0.4) is 0 Å². The molecule has 1 aliphatic rings. The van der Waals surface area contributed by atoms with Crippen molar-refractivity contribution in [2.45, 2.75) is 25.3 Å². The van der Waals surface area contributed by atoms with Crippen molar-refractivity contribution < 1.29 is 0 Å². The first-order valence-corrected chi connectivity index (χ1v) is 6.99. The molecule has 1 aromatic carbocycles. The minimum Gasteiger partial charge on any atom is -0.316 e. The normalized spacial score (nSPS) is 16.5. The van der Waals surface area contributed by atoms with Crippen molar-refractivity contribution in [1.82, 2.24) is 15.1 Å². The summed E-state index contributed by atoms with van der Waals surface area (Å²) < 4.78 is 1.88. The second-order valence-electron chi connectivity index (χ2n) is 5.52. The van der Waals surface area contributed by atoms with Gasteiger partial charge in [-0.05, 0) is 43.0 Å². The van der Waals surface area contributed by atoms with E-state index in [0.717, 1.165) is 6.42 Å². The molecule has 1 N–H and O–H groups in total. The van der Waals surface area contributed by atoms with E-state index in [1.165, 1.54) is 29.7 Å². The van der Waals surface area contributed by atoms with E-state index in [4.69, 9.17) is 0 Å². The second kappa shape index (κ2) is 5.17. The first-order chi connectivity index (χ1) is 9.26. The largest absolute Gasteiger partial charge is 0.316 e. The molecule has 1 heterocycles. The lowest BCUT2D eigenvalue weighted by atomic mass is 9.93. The first kappa shape index (κ1) is 12.4. The van der Waals surface area contributed by atoms with Crippen molar-refractivity contribution in [3.63, 3.8) is 0 Å². The molecule has 1 atom stereocenters. The summed E-state index contributed by atoms with van der Waals surface area (Å²) in [5, 5.41) is 7.98. The number of nitrogens with zero attached hydrogens (tertiary/aromatic N) is 2. The Kier molecular flexibility index (Phi) is 3.38. The SMILES string of the molecule is CNC(Cc1ccn(C)n1)C1Cc2ccccc2C1. The molecule has 3 rings (SSSR count). The van der Waals surface area contributed by atoms with Gasteiger partial charge >= 0.3 is 0 Å². The molecule has 100 valence electrons. The summed E-state index contributed by atoms with van der Waals surface area (Å²) in [6.45, 7) is 0. The minimum atomic E-state index is 0.502. The van der Waals surface area contributed by atoms with Crippen LogP contribution in [-0.4, -0.2) is 22.9 Å². The molecule has 0 amide bonds. The van der Waals surface area contributed by atoms with Gasteiger partial charge in [0.25, 0.3) is 0 Å². The number of benzene rings is 1. The molecule has 1 aromatic heterocycles. The number of nitrogens with one attached hydrogen (secondary N) is 1. The van der Waals surface area contributed by atoms with Crippen molar-refractivity contribution in [1.29, 1.82) is 0 Å². The Balaban J connectivity index is 1.71. The molecule has 0 radical (unpaired) electrons. The fourth-order valence-electron chi connectivity index (χ4n) is 3.18. The molecule has 0 saturated heterocycles. The van der Waals surface area contributed by atoms with Gasteiger partial charge in [0.2, 0.25) is 0 Å². The Bertz CT molecular complexity index is 534. The molecule has 19 heavy (non-hydrogen) atoms. The third-order valence-corrected chi connectivity index (χ3v) is 4.22. The lowest BCUT2D eigenvalue weighted by molar-refractivity contribution is 0.380. The number of rotatable bonds is 4. The number of aryl methyl sites for hydroxylation is 1. The van der Waals surface area contributed by atoms with Gasteiger partial charge in [-0.25, -0.2) is 0 Å². The molecule has 3 nitrogen and oxygen atoms in total. The van der Waals surface area contributed by atoms with Gasteiger partial charge in [-0.1, -0.05) is 24.3 Å². The third kappa shape index (κ3) is 2.56. The van der Waals surface area contributed by atoms with Crippen LogP contribution in [0.1, 0.15) is 16.8 Å². The second-order valence-corrected chi connectivity index (χ2v) is 5.52. The molecule has 2 aromatic rings. The summed E-state index contributed by atoms with van der Waals surface area (Å²) in [6.07, 6.45) is 5.41. The summed E-state index contributed by atoms with van der Waals surface area (Å²) in [5.74, 6) is 0.685. The zero-order chi connectivity index (χ0) is 13.2. The molecule has 1 unspecified atom stereocenters. The van der Waals surface area contributed by atoms with Gasteiger partial charge in [0, 0.05) is 25.7 Å². The van der Waals surface area contributed by atoms with E-state index >= 15 is 0 Å². The van der Waals surface area contributed by atoms with Crippen LogP contribution in [0, 0.1) is 5.92 Å². The van der Waals surface area contributed by atoms with Crippen molar-refractivity contribution in [3.05, 3.63) is 53.3 Å². The van der Waals surface area contributed by atoms with Crippen molar-refractivity contribution in [2.24, 2.45) is 13.0 Å². The number of fused-ring (bicyclic) bond motifs is 1. The van der Waals surface area contributed by atoms with Gasteiger partial charge in [-0.3, -0.25) is 4.68 Å². The van der Waals surface area contributed by atoms with E-state index in [0.29, 0.717) is 12.0 Å². The number of likely N-dealkylation sites (N-methyl/N-ethyl adjacent to an activating group) is 1. The van der Waals surface area contributed by atoms with Gasteiger partial charge in [0.15, 0.2) is 0 Å². The third-order valence-electron chi connectivity index (χ3n) is 4.22. The monoisotopic (exact) mass is 255 g/mol. The Morgan fingerprint density at radius 1 is 1.26 bits per heavy atom. The van der Waals surface area contributed by atoms with Crippen molar-refractivity contribution in [3.8, 4) is 0 Å². The van der Waals surface area contributed by atoms with E-state index in [1.807, 2.05) is 17.9 Å². The highest BCUT2D eigenvalue weighted by molar-refractivity contribution is 5.32. The van der Waals surface area contributed by atoms with E-state index in [1.54, 1.807) is 0 Å². The average molecular weight is 255 g/mol. The molecule has 0 saturated carbocycles. The van der Waals surface area contributed by atoms with Crippen molar-refractivity contribution >= 4 is 0 Å². The topological polar surface area (TPSA) is 29.9 Å². The average Bonchev–Trinajstić information content (AvgIpc) is 3.01. The fraction of sp³-hybridized carbons (Fsp3) is 0.438. The molecule has 0 fully saturated rings. The number of hydrogen-bond donors (Lipinski definition) is 1. The quantitative estimate of drug-likeness (QED) is 0.905. The standard InChI is InChI=1S/C16H21N3/c1-17-16(11-15-7-8-19(2)18-15)14-9-12-5-3-4-6-13(12)10-14/h3-8,14,16-17H,9-11H2,1-2H3. The van der Waals surface area contributed by atoms with Gasteiger partial charge in [-0.2, -0.15) is 5.10 Å². The zero-order valence-corrected chi connectivity index (χ0v) is 11.6. The van der Waals surface area contributed by atoms with Crippen LogP contribution in [0.15, 0.2) is 36.5 Å². The van der Waals surface area contributed by atoms with Crippen LogP contribution in [0.25, 0.3) is 0 Å². The Morgan fingerprint density at radius 3 is 2.47 bits per heavy atom. The lowest BCUT2D eigenvalue weighted by Gasteiger charge is -2.22. The number of aromatic nitrogens is 2. The van der Waals surface area contributed by atoms with Crippen LogP contribution in [0.4, 0.5) is 0 Å². The summed E-state index contributed by atoms with van der Waals surface area (Å²) in [6, 6.07) is 11.4. The van der Waals surface area contributed by atoms with Crippen molar-refractivity contribution in [2.75, 3.05) is 7.05 Å². The zero-order valence-electron chi connectivity index (χ0n) is 11.6. The summed E-state index contributed by atoms with van der Waals surface area (Å²) in [4.78, 5) is 0. The smallest absolute Gasteiger partial charge is 0.0640 e. The molecule has 1 aliphatic carbocycles. The maximum absolute atomic E-state index is 4.50. The first-order valence-electron chi connectivity index (χ1n) is 6.99. The van der Waals surface area contributed by atoms with E-state index in [9.17, 15) is 0 Å². The molecule has 0 bridgehead atoms. The molecule has 0 aliphatic heterocycles. The Labute approximate surface area is 114 Å². The Hall–Kier alpha value is -1.61. The predicted molar refractivity (Wildman–Crippen MR) is 77.1 cm³/mol. The molecule has 3 heteroatoms. The van der Waals surface area contributed by atoms with Crippen LogP contribution in [0.5, 0.6) is 0 Å². The van der Waals surface area contributed by atoms with E-state index in [-0.39, 0.29) is 0 Å². The van der Waals surface area contributed by atoms with Gasteiger partial charge < -0.3 is 5.32 Å². The van der Waals surface area contributed by atoms with E-state index in [2.05, 4.69) is 47.8 Å². The molecule has 0 spiro atoms. The highest BCUT2D eigenvalue weighted by Crippen LogP contribution is 2.29. The maximum atomic E-state index is 4.50. The summed E-state index contributed by atoms with van der Waals surface area (Å²) in [7, 11) is 4.04. The van der Waals surface area contributed by atoms with Crippen LogP contribution in [-0.2, 0) is 26.3 Å². The predicted octanol–water partition coefficient (Wildman–Crippen LogP) is 1.97. The fourth-order valence-corrected chi connectivity index (χ4v) is 3.18. The Morgan fingerprint density at radius 2 is 1.95 bits per heavy atom.